The van der Waals surface area contributed by atoms with Crippen LogP contribution in [0.2, 0.25) is 5.02 Å². The van der Waals surface area contributed by atoms with E-state index in [1.54, 1.807) is 0 Å². The molecule has 4 heteroatoms. The molecule has 3 nitrogen and oxygen atoms in total. The number of anilines is 1. The molecule has 0 amide bonds. The van der Waals surface area contributed by atoms with Gasteiger partial charge in [-0.3, -0.25) is 0 Å². The van der Waals surface area contributed by atoms with Crippen molar-refractivity contribution in [1.29, 1.82) is 0 Å². The first-order valence-electron chi connectivity index (χ1n) is 7.14. The Bertz CT molecular complexity index is 409. The first kappa shape index (κ1) is 14.3. The minimum absolute atomic E-state index is 0.591. The monoisotopic (exact) mass is 283 g/mol. The molecule has 0 aliphatic carbocycles. The molecule has 1 aliphatic rings. The summed E-state index contributed by atoms with van der Waals surface area (Å²) in [7, 11) is 0. The van der Waals surface area contributed by atoms with Crippen molar-refractivity contribution in [2.45, 2.75) is 39.0 Å². The number of ether oxygens (including phenoxy) is 2. The minimum atomic E-state index is 0.591. The Morgan fingerprint density at radius 1 is 1.05 bits per heavy atom. The van der Waals surface area contributed by atoms with Gasteiger partial charge in [0.15, 0.2) is 11.5 Å². The second-order valence-corrected chi connectivity index (χ2v) is 5.22. The Balaban J connectivity index is 1.83. The molecular weight excluding hydrogens is 262 g/mol. The van der Waals surface area contributed by atoms with Gasteiger partial charge >= 0.3 is 0 Å². The number of halogens is 1. The zero-order valence-electron chi connectivity index (χ0n) is 11.5. The average Bonchev–Trinajstić information content (AvgIpc) is 2.43. The topological polar surface area (TPSA) is 30.5 Å². The van der Waals surface area contributed by atoms with E-state index in [-0.39, 0.29) is 0 Å². The van der Waals surface area contributed by atoms with Gasteiger partial charge in [0.25, 0.3) is 0 Å². The van der Waals surface area contributed by atoms with Crippen molar-refractivity contribution in [3.8, 4) is 11.5 Å². The maximum absolute atomic E-state index is 6.23. The number of benzene rings is 1. The highest BCUT2D eigenvalue weighted by Gasteiger charge is 2.14. The van der Waals surface area contributed by atoms with Crippen LogP contribution in [0.25, 0.3) is 0 Å². The molecule has 0 bridgehead atoms. The minimum Gasteiger partial charge on any atom is -0.486 e. The van der Waals surface area contributed by atoms with Crippen molar-refractivity contribution in [2.75, 3.05) is 25.1 Å². The van der Waals surface area contributed by atoms with E-state index < -0.39 is 0 Å². The van der Waals surface area contributed by atoms with E-state index in [2.05, 4.69) is 12.2 Å². The normalized spacial score (nSPS) is 13.4. The van der Waals surface area contributed by atoms with Crippen LogP contribution in [-0.2, 0) is 0 Å². The zero-order chi connectivity index (χ0) is 13.5. The van der Waals surface area contributed by atoms with Gasteiger partial charge in [-0.2, -0.15) is 0 Å². The van der Waals surface area contributed by atoms with Crippen LogP contribution < -0.4 is 14.8 Å². The standard InChI is InChI=1S/C15H22ClNO2/c1-2-3-4-5-6-7-17-13-11-15-14(10-12(13)16)18-8-9-19-15/h10-11,17H,2-9H2,1H3. The lowest BCUT2D eigenvalue weighted by Gasteiger charge is -2.20. The molecule has 106 valence electrons. The summed E-state index contributed by atoms with van der Waals surface area (Å²) in [6.07, 6.45) is 6.35. The van der Waals surface area contributed by atoms with E-state index in [0.717, 1.165) is 23.7 Å². The summed E-state index contributed by atoms with van der Waals surface area (Å²) in [4.78, 5) is 0. The van der Waals surface area contributed by atoms with Gasteiger partial charge in [0.1, 0.15) is 13.2 Å². The summed E-state index contributed by atoms with van der Waals surface area (Å²) >= 11 is 6.23. The second kappa shape index (κ2) is 7.49. The molecule has 1 N–H and O–H groups in total. The third-order valence-corrected chi connectivity index (χ3v) is 3.54. The first-order valence-corrected chi connectivity index (χ1v) is 7.52. The van der Waals surface area contributed by atoms with Crippen molar-refractivity contribution in [3.05, 3.63) is 17.2 Å². The van der Waals surface area contributed by atoms with E-state index in [0.29, 0.717) is 18.2 Å². The lowest BCUT2D eigenvalue weighted by molar-refractivity contribution is 0.171. The Labute approximate surface area is 120 Å². The summed E-state index contributed by atoms with van der Waals surface area (Å²) in [5, 5.41) is 4.06. The average molecular weight is 284 g/mol. The predicted molar refractivity (Wildman–Crippen MR) is 79.7 cm³/mol. The molecule has 0 saturated carbocycles. The fourth-order valence-corrected chi connectivity index (χ4v) is 2.37. The Morgan fingerprint density at radius 3 is 2.47 bits per heavy atom. The van der Waals surface area contributed by atoms with Crippen molar-refractivity contribution in [2.24, 2.45) is 0 Å². The first-order chi connectivity index (χ1) is 9.31. The van der Waals surface area contributed by atoms with Crippen molar-refractivity contribution >= 4 is 17.3 Å². The molecule has 1 heterocycles. The van der Waals surface area contributed by atoms with Crippen LogP contribution in [0, 0.1) is 0 Å². The van der Waals surface area contributed by atoms with E-state index in [1.165, 1.54) is 32.1 Å². The highest BCUT2D eigenvalue weighted by molar-refractivity contribution is 6.33. The number of rotatable bonds is 7. The Hall–Kier alpha value is -1.09. The summed E-state index contributed by atoms with van der Waals surface area (Å²) in [6.45, 7) is 4.37. The lowest BCUT2D eigenvalue weighted by atomic mass is 10.1. The van der Waals surface area contributed by atoms with Crippen LogP contribution in [0.3, 0.4) is 0 Å². The maximum Gasteiger partial charge on any atom is 0.163 e. The number of nitrogens with one attached hydrogen (secondary N) is 1. The number of fused-ring (bicyclic) bond motifs is 1. The molecule has 0 aromatic heterocycles. The lowest BCUT2D eigenvalue weighted by Crippen LogP contribution is -2.15. The molecule has 0 unspecified atom stereocenters. The molecule has 0 atom stereocenters. The van der Waals surface area contributed by atoms with Crippen LogP contribution in [0.1, 0.15) is 39.0 Å². The molecule has 0 radical (unpaired) electrons. The summed E-state index contributed by atoms with van der Waals surface area (Å²) in [6, 6.07) is 3.76. The quantitative estimate of drug-likeness (QED) is 0.748. The predicted octanol–water partition coefficient (Wildman–Crippen LogP) is 4.49. The van der Waals surface area contributed by atoms with E-state index in [9.17, 15) is 0 Å². The van der Waals surface area contributed by atoms with E-state index in [4.69, 9.17) is 21.1 Å². The van der Waals surface area contributed by atoms with Gasteiger partial charge in [0, 0.05) is 18.7 Å². The molecule has 0 fully saturated rings. The molecule has 0 spiro atoms. The van der Waals surface area contributed by atoms with Crippen LogP contribution in [0.5, 0.6) is 11.5 Å². The fraction of sp³-hybridized carbons (Fsp3) is 0.600. The summed E-state index contributed by atoms with van der Waals surface area (Å²) in [5.41, 5.74) is 0.932. The van der Waals surface area contributed by atoms with Gasteiger partial charge in [-0.15, -0.1) is 0 Å². The highest BCUT2D eigenvalue weighted by atomic mass is 35.5. The number of hydrogen-bond acceptors (Lipinski definition) is 3. The Morgan fingerprint density at radius 2 is 1.74 bits per heavy atom. The molecule has 1 aromatic rings. The molecule has 1 aliphatic heterocycles. The second-order valence-electron chi connectivity index (χ2n) is 4.82. The zero-order valence-corrected chi connectivity index (χ0v) is 12.3. The molecule has 1 aromatic carbocycles. The molecular formula is C15H22ClNO2. The van der Waals surface area contributed by atoms with Crippen LogP contribution in [-0.4, -0.2) is 19.8 Å². The van der Waals surface area contributed by atoms with Gasteiger partial charge in [-0.05, 0) is 6.42 Å². The summed E-state index contributed by atoms with van der Waals surface area (Å²) < 4.78 is 11.0. The van der Waals surface area contributed by atoms with Crippen LogP contribution >= 0.6 is 11.6 Å². The van der Waals surface area contributed by atoms with Crippen molar-refractivity contribution in [1.82, 2.24) is 0 Å². The smallest absolute Gasteiger partial charge is 0.163 e. The van der Waals surface area contributed by atoms with Gasteiger partial charge in [0.05, 0.1) is 10.7 Å². The largest absolute Gasteiger partial charge is 0.486 e. The third kappa shape index (κ3) is 4.20. The highest BCUT2D eigenvalue weighted by Crippen LogP contribution is 2.37. The maximum atomic E-state index is 6.23. The van der Waals surface area contributed by atoms with Crippen LogP contribution in [0.4, 0.5) is 5.69 Å². The van der Waals surface area contributed by atoms with E-state index in [1.807, 2.05) is 12.1 Å². The molecule has 0 saturated heterocycles. The van der Waals surface area contributed by atoms with Crippen molar-refractivity contribution < 1.29 is 9.47 Å². The van der Waals surface area contributed by atoms with Gasteiger partial charge in [0.2, 0.25) is 0 Å². The SMILES string of the molecule is CCCCCCCNc1cc2c(cc1Cl)OCCO2. The molecule has 2 rings (SSSR count). The Kier molecular flexibility index (Phi) is 5.64. The van der Waals surface area contributed by atoms with Crippen LogP contribution in [0.15, 0.2) is 12.1 Å². The number of hydrogen-bond donors (Lipinski definition) is 1. The third-order valence-electron chi connectivity index (χ3n) is 3.23. The van der Waals surface area contributed by atoms with Gasteiger partial charge < -0.3 is 14.8 Å². The van der Waals surface area contributed by atoms with Gasteiger partial charge in [-0.25, -0.2) is 0 Å². The van der Waals surface area contributed by atoms with Gasteiger partial charge in [-0.1, -0.05) is 44.2 Å². The molecule has 19 heavy (non-hydrogen) atoms. The number of unbranched alkanes of at least 4 members (excludes halogenated alkanes) is 4. The summed E-state index contributed by atoms with van der Waals surface area (Å²) in [5.74, 6) is 1.52. The van der Waals surface area contributed by atoms with Crippen molar-refractivity contribution in [3.63, 3.8) is 0 Å². The fourth-order valence-electron chi connectivity index (χ4n) is 2.15. The van der Waals surface area contributed by atoms with E-state index >= 15 is 0 Å².